The highest BCUT2D eigenvalue weighted by molar-refractivity contribution is 4.82. The van der Waals surface area contributed by atoms with Gasteiger partial charge in [0.25, 0.3) is 0 Å². The number of hydrogen-bond donors (Lipinski definition) is 1. The number of nitrogens with zero attached hydrogens (tertiary/aromatic N) is 2. The van der Waals surface area contributed by atoms with Crippen molar-refractivity contribution in [3.8, 4) is 0 Å². The molecule has 1 aromatic rings. The first-order chi connectivity index (χ1) is 7.76. The molecule has 0 saturated carbocycles. The van der Waals surface area contributed by atoms with Crippen molar-refractivity contribution in [2.45, 2.75) is 45.8 Å². The molecule has 0 aliphatic carbocycles. The molecular weight excluding hydrogens is 206 g/mol. The molecular formula is C11H21N3O2. The minimum atomic E-state index is 0.230. The van der Waals surface area contributed by atoms with Gasteiger partial charge in [0.1, 0.15) is 0 Å². The minimum absolute atomic E-state index is 0.230. The first-order valence-electron chi connectivity index (χ1n) is 5.81. The van der Waals surface area contributed by atoms with Gasteiger partial charge in [0, 0.05) is 13.5 Å². The summed E-state index contributed by atoms with van der Waals surface area (Å²) in [5.74, 6) is 1.35. The fourth-order valence-corrected chi connectivity index (χ4v) is 1.28. The summed E-state index contributed by atoms with van der Waals surface area (Å²) in [6.45, 7) is 5.78. The largest absolute Gasteiger partial charge is 0.424 e. The molecule has 16 heavy (non-hydrogen) atoms. The van der Waals surface area contributed by atoms with Crippen molar-refractivity contribution < 1.29 is 9.15 Å². The van der Waals surface area contributed by atoms with Crippen molar-refractivity contribution in [1.29, 1.82) is 0 Å². The average molecular weight is 227 g/mol. The van der Waals surface area contributed by atoms with E-state index in [9.17, 15) is 0 Å². The van der Waals surface area contributed by atoms with Gasteiger partial charge in [-0.05, 0) is 26.3 Å². The summed E-state index contributed by atoms with van der Waals surface area (Å²) in [6, 6.07) is 0. The molecule has 92 valence electrons. The third-order valence-corrected chi connectivity index (χ3v) is 2.38. The maximum atomic E-state index is 5.48. The minimum Gasteiger partial charge on any atom is -0.424 e. The van der Waals surface area contributed by atoms with E-state index in [2.05, 4.69) is 22.4 Å². The summed E-state index contributed by atoms with van der Waals surface area (Å²) < 4.78 is 10.6. The quantitative estimate of drug-likeness (QED) is 0.682. The Kier molecular flexibility index (Phi) is 6.03. The van der Waals surface area contributed by atoms with Gasteiger partial charge < -0.3 is 14.5 Å². The highest BCUT2D eigenvalue weighted by atomic mass is 16.5. The Hall–Kier alpha value is -0.940. The molecule has 5 heteroatoms. The zero-order valence-electron chi connectivity index (χ0n) is 10.3. The molecule has 1 rings (SSSR count). The molecule has 5 nitrogen and oxygen atoms in total. The van der Waals surface area contributed by atoms with E-state index in [-0.39, 0.29) is 6.10 Å². The van der Waals surface area contributed by atoms with Crippen molar-refractivity contribution in [1.82, 2.24) is 15.5 Å². The fourth-order valence-electron chi connectivity index (χ4n) is 1.28. The maximum absolute atomic E-state index is 5.48. The molecule has 0 bridgehead atoms. The van der Waals surface area contributed by atoms with Crippen LogP contribution in [-0.2, 0) is 17.7 Å². The zero-order chi connectivity index (χ0) is 11.8. The second kappa shape index (κ2) is 7.35. The second-order valence-corrected chi connectivity index (χ2v) is 3.85. The number of aryl methyl sites for hydroxylation is 1. The third kappa shape index (κ3) is 4.72. The summed E-state index contributed by atoms with van der Waals surface area (Å²) in [4.78, 5) is 0. The van der Waals surface area contributed by atoms with Crippen LogP contribution in [0.5, 0.6) is 0 Å². The Bertz CT molecular complexity index is 289. The van der Waals surface area contributed by atoms with Gasteiger partial charge in [-0.2, -0.15) is 0 Å². The Morgan fingerprint density at radius 1 is 1.38 bits per heavy atom. The normalized spacial score (nSPS) is 12.9. The molecule has 1 unspecified atom stereocenters. The highest BCUT2D eigenvalue weighted by Gasteiger charge is 2.07. The lowest BCUT2D eigenvalue weighted by molar-refractivity contribution is 0.109. The van der Waals surface area contributed by atoms with Crippen molar-refractivity contribution in [2.75, 3.05) is 13.7 Å². The molecule has 0 amide bonds. The average Bonchev–Trinajstić information content (AvgIpc) is 2.74. The molecule has 1 heterocycles. The maximum Gasteiger partial charge on any atom is 0.230 e. The molecule has 0 aromatic carbocycles. The number of methoxy groups -OCH3 is 1. The van der Waals surface area contributed by atoms with E-state index in [1.54, 1.807) is 7.11 Å². The van der Waals surface area contributed by atoms with E-state index in [4.69, 9.17) is 9.15 Å². The third-order valence-electron chi connectivity index (χ3n) is 2.38. The molecule has 0 saturated heterocycles. The summed E-state index contributed by atoms with van der Waals surface area (Å²) in [5.41, 5.74) is 0. The standard InChI is InChI=1S/C11H21N3O2/c1-4-7-12-8-11-14-13-10(16-11)6-5-9(2)15-3/h9,12H,4-8H2,1-3H3. The monoisotopic (exact) mass is 227 g/mol. The first kappa shape index (κ1) is 13.1. The van der Waals surface area contributed by atoms with Crippen LogP contribution in [0.4, 0.5) is 0 Å². The molecule has 0 radical (unpaired) electrons. The van der Waals surface area contributed by atoms with Crippen LogP contribution in [0.25, 0.3) is 0 Å². The smallest absolute Gasteiger partial charge is 0.230 e. The van der Waals surface area contributed by atoms with Gasteiger partial charge in [0.2, 0.25) is 11.8 Å². The van der Waals surface area contributed by atoms with Gasteiger partial charge in [0.15, 0.2) is 0 Å². The molecule has 1 atom stereocenters. The van der Waals surface area contributed by atoms with Gasteiger partial charge in [-0.15, -0.1) is 10.2 Å². The number of nitrogens with one attached hydrogen (secondary N) is 1. The Morgan fingerprint density at radius 2 is 2.12 bits per heavy atom. The predicted molar refractivity (Wildman–Crippen MR) is 61.1 cm³/mol. The van der Waals surface area contributed by atoms with Crippen LogP contribution in [0.15, 0.2) is 4.42 Å². The summed E-state index contributed by atoms with van der Waals surface area (Å²) in [5, 5.41) is 11.2. The molecule has 0 spiro atoms. The summed E-state index contributed by atoms with van der Waals surface area (Å²) >= 11 is 0. The van der Waals surface area contributed by atoms with Gasteiger partial charge in [-0.25, -0.2) is 0 Å². The van der Waals surface area contributed by atoms with Crippen LogP contribution in [0.3, 0.4) is 0 Å². The van der Waals surface area contributed by atoms with Crippen LogP contribution in [0, 0.1) is 0 Å². The lowest BCUT2D eigenvalue weighted by Gasteiger charge is -2.05. The van der Waals surface area contributed by atoms with Crippen LogP contribution in [0.1, 0.15) is 38.5 Å². The van der Waals surface area contributed by atoms with Crippen LogP contribution < -0.4 is 5.32 Å². The highest BCUT2D eigenvalue weighted by Crippen LogP contribution is 2.06. The lowest BCUT2D eigenvalue weighted by Crippen LogP contribution is -2.13. The van der Waals surface area contributed by atoms with E-state index in [0.29, 0.717) is 18.3 Å². The second-order valence-electron chi connectivity index (χ2n) is 3.85. The van der Waals surface area contributed by atoms with Crippen molar-refractivity contribution in [3.63, 3.8) is 0 Å². The van der Waals surface area contributed by atoms with E-state index in [1.807, 2.05) is 6.92 Å². The molecule has 0 aliphatic rings. The number of ether oxygens (including phenoxy) is 1. The molecule has 1 aromatic heterocycles. The Labute approximate surface area is 96.6 Å². The van der Waals surface area contributed by atoms with Gasteiger partial charge in [0.05, 0.1) is 12.6 Å². The van der Waals surface area contributed by atoms with E-state index in [0.717, 1.165) is 25.8 Å². The Balaban J connectivity index is 2.28. The molecule has 0 aliphatic heterocycles. The lowest BCUT2D eigenvalue weighted by atomic mass is 10.2. The van der Waals surface area contributed by atoms with Gasteiger partial charge >= 0.3 is 0 Å². The fraction of sp³-hybridized carbons (Fsp3) is 0.818. The topological polar surface area (TPSA) is 60.2 Å². The van der Waals surface area contributed by atoms with E-state index >= 15 is 0 Å². The SMILES string of the molecule is CCCNCc1nnc(CCC(C)OC)o1. The molecule has 0 fully saturated rings. The van der Waals surface area contributed by atoms with E-state index in [1.165, 1.54) is 0 Å². The van der Waals surface area contributed by atoms with Gasteiger partial charge in [-0.1, -0.05) is 6.92 Å². The van der Waals surface area contributed by atoms with Crippen LogP contribution in [-0.4, -0.2) is 30.0 Å². The Morgan fingerprint density at radius 3 is 2.81 bits per heavy atom. The first-order valence-corrected chi connectivity index (χ1v) is 5.81. The predicted octanol–water partition coefficient (Wildman–Crippen LogP) is 1.54. The van der Waals surface area contributed by atoms with Crippen LogP contribution in [0.2, 0.25) is 0 Å². The van der Waals surface area contributed by atoms with Crippen molar-refractivity contribution in [3.05, 3.63) is 11.8 Å². The number of rotatable bonds is 8. The van der Waals surface area contributed by atoms with E-state index < -0.39 is 0 Å². The van der Waals surface area contributed by atoms with Crippen LogP contribution >= 0.6 is 0 Å². The van der Waals surface area contributed by atoms with Crippen molar-refractivity contribution in [2.24, 2.45) is 0 Å². The van der Waals surface area contributed by atoms with Gasteiger partial charge in [-0.3, -0.25) is 0 Å². The summed E-state index contributed by atoms with van der Waals surface area (Å²) in [7, 11) is 1.71. The zero-order valence-corrected chi connectivity index (χ0v) is 10.3. The number of hydrogen-bond acceptors (Lipinski definition) is 5. The molecule has 1 N–H and O–H groups in total. The van der Waals surface area contributed by atoms with Crippen molar-refractivity contribution >= 4 is 0 Å². The summed E-state index contributed by atoms with van der Waals surface area (Å²) in [6.07, 6.45) is 3.01. The number of aromatic nitrogens is 2.